The van der Waals surface area contributed by atoms with Gasteiger partial charge in [-0.1, -0.05) is 34.6 Å². The monoisotopic (exact) mass is 261 g/mol. The van der Waals surface area contributed by atoms with Gasteiger partial charge in [0.1, 0.15) is 0 Å². The topological polar surface area (TPSA) is 78.8 Å². The zero-order valence-corrected chi connectivity index (χ0v) is 12.1. The quantitative estimate of drug-likeness (QED) is 0.677. The highest BCUT2D eigenvalue weighted by atomic mass is 16.5. The van der Waals surface area contributed by atoms with Gasteiger partial charge in [-0.3, -0.25) is 0 Å². The van der Waals surface area contributed by atoms with E-state index in [0.29, 0.717) is 6.61 Å². The van der Waals surface area contributed by atoms with Crippen molar-refractivity contribution in [1.82, 2.24) is 5.32 Å². The van der Waals surface area contributed by atoms with Crippen molar-refractivity contribution in [1.29, 1.82) is 0 Å². The molecule has 3 N–H and O–H groups in total. The average molecular weight is 261 g/mol. The van der Waals surface area contributed by atoms with Gasteiger partial charge in [-0.2, -0.15) is 0 Å². The normalized spacial score (nSPS) is 14.2. The molecule has 0 fully saturated rings. The van der Waals surface area contributed by atoms with Gasteiger partial charge in [0.05, 0.1) is 19.3 Å². The van der Waals surface area contributed by atoms with Gasteiger partial charge in [-0.05, 0) is 17.3 Å². The molecule has 0 saturated carbocycles. The van der Waals surface area contributed by atoms with Crippen LogP contribution in [0.15, 0.2) is 0 Å². The highest BCUT2D eigenvalue weighted by Gasteiger charge is 2.27. The molecule has 0 unspecified atom stereocenters. The third-order valence-corrected chi connectivity index (χ3v) is 2.30. The number of hydrogen-bond acceptors (Lipinski definition) is 4. The summed E-state index contributed by atoms with van der Waals surface area (Å²) in [7, 11) is 0. The van der Waals surface area contributed by atoms with Crippen LogP contribution >= 0.6 is 0 Å². The third-order valence-electron chi connectivity index (χ3n) is 2.30. The van der Waals surface area contributed by atoms with E-state index < -0.39 is 12.2 Å². The zero-order chi connectivity index (χ0) is 14.4. The molecule has 1 atom stereocenters. The average Bonchev–Trinajstić information content (AvgIpc) is 2.19. The first kappa shape index (κ1) is 17.2. The largest absolute Gasteiger partial charge is 0.449 e. The molecule has 5 nitrogen and oxygen atoms in total. The highest BCUT2D eigenvalue weighted by Crippen LogP contribution is 2.33. The first-order chi connectivity index (χ1) is 8.06. The summed E-state index contributed by atoms with van der Waals surface area (Å²) in [6, 6.07) is 0. The molecule has 0 aromatic carbocycles. The summed E-state index contributed by atoms with van der Waals surface area (Å²) < 4.78 is 5.10. The van der Waals surface area contributed by atoms with Crippen LogP contribution in [-0.4, -0.2) is 42.2 Å². The predicted octanol–water partition coefficient (Wildman–Crippen LogP) is 1.53. The van der Waals surface area contributed by atoms with Crippen LogP contribution in [0.1, 0.15) is 41.0 Å². The Kier molecular flexibility index (Phi) is 6.63. The minimum absolute atomic E-state index is 0.00493. The van der Waals surface area contributed by atoms with E-state index in [1.54, 1.807) is 0 Å². The molecular formula is C13H27NO4. The minimum Gasteiger partial charge on any atom is -0.449 e. The van der Waals surface area contributed by atoms with Crippen molar-refractivity contribution in [3.05, 3.63) is 0 Å². The fourth-order valence-corrected chi connectivity index (χ4v) is 2.06. The number of amides is 1. The Morgan fingerprint density at radius 3 is 2.28 bits per heavy atom. The fourth-order valence-electron chi connectivity index (χ4n) is 2.06. The van der Waals surface area contributed by atoms with E-state index >= 15 is 0 Å². The van der Waals surface area contributed by atoms with Gasteiger partial charge in [-0.25, -0.2) is 4.79 Å². The maximum Gasteiger partial charge on any atom is 0.407 e. The van der Waals surface area contributed by atoms with Gasteiger partial charge in [-0.15, -0.1) is 0 Å². The second-order valence-corrected chi connectivity index (χ2v) is 6.70. The van der Waals surface area contributed by atoms with Gasteiger partial charge in [0.25, 0.3) is 0 Å². The summed E-state index contributed by atoms with van der Waals surface area (Å²) in [6.45, 7) is 10.5. The molecule has 0 aromatic rings. The van der Waals surface area contributed by atoms with Gasteiger partial charge in [0.2, 0.25) is 0 Å². The molecule has 108 valence electrons. The third kappa shape index (κ3) is 9.24. The van der Waals surface area contributed by atoms with Crippen molar-refractivity contribution >= 4 is 6.09 Å². The second kappa shape index (κ2) is 6.95. The standard InChI is InChI=1S/C13H27NO4/c1-12(2,3)8-13(4,5)9-18-11(17)14-6-10(16)7-15/h10,15-16H,6-9H2,1-5H3,(H,14,17)/t10-/m1/s1. The van der Waals surface area contributed by atoms with Crippen molar-refractivity contribution in [3.63, 3.8) is 0 Å². The molecule has 0 rings (SSSR count). The van der Waals surface area contributed by atoms with Gasteiger partial charge < -0.3 is 20.3 Å². The molecule has 0 aliphatic rings. The van der Waals surface area contributed by atoms with Crippen LogP contribution in [0.5, 0.6) is 0 Å². The maximum absolute atomic E-state index is 11.3. The number of aliphatic hydroxyl groups is 2. The van der Waals surface area contributed by atoms with Crippen molar-refractivity contribution in [2.24, 2.45) is 10.8 Å². The first-order valence-electron chi connectivity index (χ1n) is 6.25. The van der Waals surface area contributed by atoms with Crippen LogP contribution in [0.4, 0.5) is 4.79 Å². The molecule has 0 heterocycles. The number of alkyl carbamates (subject to hydrolysis) is 1. The number of ether oxygens (including phenoxy) is 1. The molecule has 0 aromatic heterocycles. The van der Waals surface area contributed by atoms with E-state index in [-0.39, 0.29) is 24.0 Å². The lowest BCUT2D eigenvalue weighted by molar-refractivity contribution is 0.0649. The Bertz CT molecular complexity index is 258. The van der Waals surface area contributed by atoms with Crippen LogP contribution in [0, 0.1) is 10.8 Å². The summed E-state index contributed by atoms with van der Waals surface area (Å²) >= 11 is 0. The smallest absolute Gasteiger partial charge is 0.407 e. The van der Waals surface area contributed by atoms with Crippen LogP contribution in [-0.2, 0) is 4.74 Å². The summed E-state index contributed by atoms with van der Waals surface area (Å²) in [5.74, 6) is 0. The lowest BCUT2D eigenvalue weighted by Crippen LogP contribution is -2.36. The number of carbonyl (C=O) groups excluding carboxylic acids is 1. The maximum atomic E-state index is 11.3. The Balaban J connectivity index is 3.97. The predicted molar refractivity (Wildman–Crippen MR) is 70.3 cm³/mol. The Hall–Kier alpha value is -0.810. The summed E-state index contributed by atoms with van der Waals surface area (Å²) in [4.78, 5) is 11.3. The van der Waals surface area contributed by atoms with E-state index in [2.05, 4.69) is 26.1 Å². The Labute approximate surface area is 110 Å². The van der Waals surface area contributed by atoms with Gasteiger partial charge >= 0.3 is 6.09 Å². The molecule has 0 aliphatic heterocycles. The lowest BCUT2D eigenvalue weighted by atomic mass is 9.77. The van der Waals surface area contributed by atoms with Crippen molar-refractivity contribution < 1.29 is 19.7 Å². The van der Waals surface area contributed by atoms with Gasteiger partial charge in [0, 0.05) is 6.54 Å². The van der Waals surface area contributed by atoms with Crippen LogP contribution in [0.3, 0.4) is 0 Å². The number of carbonyl (C=O) groups is 1. The number of rotatable bonds is 6. The Morgan fingerprint density at radius 1 is 1.28 bits per heavy atom. The van der Waals surface area contributed by atoms with Crippen LogP contribution < -0.4 is 5.32 Å². The van der Waals surface area contributed by atoms with E-state index in [4.69, 9.17) is 14.9 Å². The zero-order valence-electron chi connectivity index (χ0n) is 12.1. The number of hydrogen-bond donors (Lipinski definition) is 3. The number of nitrogens with one attached hydrogen (secondary N) is 1. The lowest BCUT2D eigenvalue weighted by Gasteiger charge is -2.31. The van der Waals surface area contributed by atoms with Crippen LogP contribution in [0.2, 0.25) is 0 Å². The number of aliphatic hydroxyl groups excluding tert-OH is 2. The minimum atomic E-state index is -0.944. The molecular weight excluding hydrogens is 234 g/mol. The van der Waals surface area contributed by atoms with Gasteiger partial charge in [0.15, 0.2) is 0 Å². The van der Waals surface area contributed by atoms with Crippen molar-refractivity contribution in [2.75, 3.05) is 19.8 Å². The molecule has 0 spiro atoms. The summed E-state index contributed by atoms with van der Waals surface area (Å²) in [5, 5.41) is 20.1. The molecule has 0 aliphatic carbocycles. The van der Waals surface area contributed by atoms with E-state index in [1.165, 1.54) is 0 Å². The van der Waals surface area contributed by atoms with Crippen molar-refractivity contribution in [2.45, 2.75) is 47.1 Å². The highest BCUT2D eigenvalue weighted by molar-refractivity contribution is 5.67. The summed E-state index contributed by atoms with van der Waals surface area (Å²) in [5.41, 5.74) is 0.0849. The summed E-state index contributed by atoms with van der Waals surface area (Å²) in [6.07, 6.45) is -0.573. The van der Waals surface area contributed by atoms with Crippen molar-refractivity contribution in [3.8, 4) is 0 Å². The molecule has 1 amide bonds. The molecule has 0 bridgehead atoms. The first-order valence-corrected chi connectivity index (χ1v) is 6.25. The molecule has 5 heteroatoms. The second-order valence-electron chi connectivity index (χ2n) is 6.70. The van der Waals surface area contributed by atoms with E-state index in [0.717, 1.165) is 6.42 Å². The molecule has 0 radical (unpaired) electrons. The van der Waals surface area contributed by atoms with E-state index in [9.17, 15) is 4.79 Å². The fraction of sp³-hybridized carbons (Fsp3) is 0.923. The SMILES string of the molecule is CC(C)(C)CC(C)(C)COC(=O)NC[C@@H](O)CO. The van der Waals surface area contributed by atoms with E-state index in [1.807, 2.05) is 13.8 Å². The Morgan fingerprint density at radius 2 is 1.83 bits per heavy atom. The molecule has 0 saturated heterocycles. The molecule has 18 heavy (non-hydrogen) atoms. The van der Waals surface area contributed by atoms with Crippen LogP contribution in [0.25, 0.3) is 0 Å².